The standard InChI is InChI=1S/C20H20FN3O/c1-13(2)22-20(25)18-12-24(17-10-8-16(21)9-11-17)23-19(18)15-6-4-14(3)5-7-15/h4-13H,1-3H3,(H,22,25). The highest BCUT2D eigenvalue weighted by Crippen LogP contribution is 2.24. The van der Waals surface area contributed by atoms with Crippen LogP contribution in [0.4, 0.5) is 4.39 Å². The van der Waals surface area contributed by atoms with E-state index >= 15 is 0 Å². The van der Waals surface area contributed by atoms with Gasteiger partial charge in [-0.2, -0.15) is 5.10 Å². The Morgan fingerprint density at radius 3 is 2.32 bits per heavy atom. The Balaban J connectivity index is 2.09. The molecular formula is C20H20FN3O. The molecule has 1 amide bonds. The molecule has 3 aromatic rings. The van der Waals surface area contributed by atoms with Crippen LogP contribution in [0.5, 0.6) is 0 Å². The van der Waals surface area contributed by atoms with Gasteiger partial charge < -0.3 is 5.32 Å². The highest BCUT2D eigenvalue weighted by atomic mass is 19.1. The van der Waals surface area contributed by atoms with Crippen LogP contribution in [0, 0.1) is 12.7 Å². The summed E-state index contributed by atoms with van der Waals surface area (Å²) in [7, 11) is 0. The molecule has 0 aliphatic carbocycles. The number of aryl methyl sites for hydroxylation is 1. The third kappa shape index (κ3) is 3.76. The topological polar surface area (TPSA) is 46.9 Å². The minimum atomic E-state index is -0.313. The molecule has 3 rings (SSSR count). The van der Waals surface area contributed by atoms with E-state index in [0.717, 1.165) is 11.1 Å². The molecule has 0 aliphatic heterocycles. The van der Waals surface area contributed by atoms with Gasteiger partial charge in [-0.1, -0.05) is 29.8 Å². The summed E-state index contributed by atoms with van der Waals surface area (Å²) >= 11 is 0. The van der Waals surface area contributed by atoms with E-state index in [1.807, 2.05) is 45.0 Å². The van der Waals surface area contributed by atoms with Gasteiger partial charge in [-0.3, -0.25) is 4.79 Å². The summed E-state index contributed by atoms with van der Waals surface area (Å²) in [5.41, 5.74) is 3.78. The quantitative estimate of drug-likeness (QED) is 0.778. The predicted molar refractivity (Wildman–Crippen MR) is 96.3 cm³/mol. The van der Waals surface area contributed by atoms with Crippen LogP contribution in [0.3, 0.4) is 0 Å². The van der Waals surface area contributed by atoms with Crippen molar-refractivity contribution in [1.82, 2.24) is 15.1 Å². The first-order valence-corrected chi connectivity index (χ1v) is 8.17. The van der Waals surface area contributed by atoms with Crippen LogP contribution in [0.15, 0.2) is 54.7 Å². The van der Waals surface area contributed by atoms with Gasteiger partial charge in [-0.25, -0.2) is 9.07 Å². The minimum Gasteiger partial charge on any atom is -0.350 e. The molecular weight excluding hydrogens is 317 g/mol. The van der Waals surface area contributed by atoms with E-state index in [1.165, 1.54) is 12.1 Å². The van der Waals surface area contributed by atoms with Gasteiger partial charge in [-0.05, 0) is 45.0 Å². The number of aromatic nitrogens is 2. The second-order valence-electron chi connectivity index (χ2n) is 6.31. The van der Waals surface area contributed by atoms with Gasteiger partial charge in [0.05, 0.1) is 11.3 Å². The third-order valence-corrected chi connectivity index (χ3v) is 3.79. The van der Waals surface area contributed by atoms with Crippen molar-refractivity contribution < 1.29 is 9.18 Å². The zero-order chi connectivity index (χ0) is 18.0. The number of nitrogens with one attached hydrogen (secondary N) is 1. The van der Waals surface area contributed by atoms with Crippen molar-refractivity contribution >= 4 is 5.91 Å². The zero-order valence-electron chi connectivity index (χ0n) is 14.5. The molecule has 0 atom stereocenters. The Morgan fingerprint density at radius 2 is 1.72 bits per heavy atom. The Kier molecular flexibility index (Phi) is 4.65. The van der Waals surface area contributed by atoms with Crippen molar-refractivity contribution in [2.45, 2.75) is 26.8 Å². The number of halogens is 1. The molecule has 5 heteroatoms. The van der Waals surface area contributed by atoms with Crippen molar-refractivity contribution in [2.75, 3.05) is 0 Å². The van der Waals surface area contributed by atoms with Crippen molar-refractivity contribution in [1.29, 1.82) is 0 Å². The molecule has 4 nitrogen and oxygen atoms in total. The molecule has 1 heterocycles. The SMILES string of the molecule is Cc1ccc(-c2nn(-c3ccc(F)cc3)cc2C(=O)NC(C)C)cc1. The van der Waals surface area contributed by atoms with Crippen LogP contribution in [0.2, 0.25) is 0 Å². The fourth-order valence-electron chi connectivity index (χ4n) is 2.53. The number of carbonyl (C=O) groups excluding carboxylic acids is 1. The maximum absolute atomic E-state index is 13.2. The fraction of sp³-hybridized carbons (Fsp3) is 0.200. The van der Waals surface area contributed by atoms with Crippen LogP contribution in [0.1, 0.15) is 29.8 Å². The van der Waals surface area contributed by atoms with E-state index in [9.17, 15) is 9.18 Å². The molecule has 0 bridgehead atoms. The number of nitrogens with zero attached hydrogens (tertiary/aromatic N) is 2. The van der Waals surface area contributed by atoms with Crippen molar-refractivity contribution in [3.05, 3.63) is 71.7 Å². The largest absolute Gasteiger partial charge is 0.350 e. The molecule has 1 N–H and O–H groups in total. The van der Waals surface area contributed by atoms with Gasteiger partial charge in [0.25, 0.3) is 5.91 Å². The van der Waals surface area contributed by atoms with Gasteiger partial charge in [0.15, 0.2) is 0 Å². The summed E-state index contributed by atoms with van der Waals surface area (Å²) in [6, 6.07) is 13.9. The first kappa shape index (κ1) is 16.9. The maximum Gasteiger partial charge on any atom is 0.255 e. The molecule has 128 valence electrons. The van der Waals surface area contributed by atoms with Gasteiger partial charge in [-0.15, -0.1) is 0 Å². The lowest BCUT2D eigenvalue weighted by Crippen LogP contribution is -2.30. The van der Waals surface area contributed by atoms with Gasteiger partial charge >= 0.3 is 0 Å². The highest BCUT2D eigenvalue weighted by molar-refractivity contribution is 6.00. The molecule has 0 unspecified atom stereocenters. The maximum atomic E-state index is 13.2. The van der Waals surface area contributed by atoms with Crippen LogP contribution in [-0.2, 0) is 0 Å². The third-order valence-electron chi connectivity index (χ3n) is 3.79. The summed E-state index contributed by atoms with van der Waals surface area (Å²) in [5, 5.41) is 7.47. The predicted octanol–water partition coefficient (Wildman–Crippen LogP) is 4.13. The number of amides is 1. The summed E-state index contributed by atoms with van der Waals surface area (Å²) in [4.78, 5) is 12.6. The minimum absolute atomic E-state index is 0.0209. The molecule has 0 saturated carbocycles. The molecule has 0 fully saturated rings. The first-order valence-electron chi connectivity index (χ1n) is 8.17. The fourth-order valence-corrected chi connectivity index (χ4v) is 2.53. The van der Waals surface area contributed by atoms with Crippen LogP contribution < -0.4 is 5.32 Å². The number of benzene rings is 2. The Hall–Kier alpha value is -2.95. The van der Waals surface area contributed by atoms with E-state index in [2.05, 4.69) is 10.4 Å². The second kappa shape index (κ2) is 6.89. The van der Waals surface area contributed by atoms with Crippen LogP contribution in [0.25, 0.3) is 16.9 Å². The zero-order valence-corrected chi connectivity index (χ0v) is 14.5. The molecule has 25 heavy (non-hydrogen) atoms. The number of hydrogen-bond acceptors (Lipinski definition) is 2. The number of hydrogen-bond donors (Lipinski definition) is 1. The monoisotopic (exact) mass is 337 g/mol. The van der Waals surface area contributed by atoms with E-state index in [4.69, 9.17) is 0 Å². The molecule has 0 saturated heterocycles. The summed E-state index contributed by atoms with van der Waals surface area (Å²) in [5.74, 6) is -0.494. The van der Waals surface area contributed by atoms with Crippen molar-refractivity contribution in [3.63, 3.8) is 0 Å². The number of carbonyl (C=O) groups is 1. The van der Waals surface area contributed by atoms with Gasteiger partial charge in [0, 0.05) is 17.8 Å². The van der Waals surface area contributed by atoms with Crippen LogP contribution >= 0.6 is 0 Å². The van der Waals surface area contributed by atoms with Crippen molar-refractivity contribution in [2.24, 2.45) is 0 Å². The van der Waals surface area contributed by atoms with Gasteiger partial charge in [0.1, 0.15) is 11.5 Å². The van der Waals surface area contributed by atoms with Gasteiger partial charge in [0.2, 0.25) is 0 Å². The molecule has 1 aromatic heterocycles. The molecule has 2 aromatic carbocycles. The Bertz CT molecular complexity index is 880. The Labute approximate surface area is 146 Å². The highest BCUT2D eigenvalue weighted by Gasteiger charge is 2.19. The van der Waals surface area contributed by atoms with E-state index < -0.39 is 0 Å². The van der Waals surface area contributed by atoms with E-state index in [-0.39, 0.29) is 17.8 Å². The Morgan fingerprint density at radius 1 is 1.08 bits per heavy atom. The summed E-state index contributed by atoms with van der Waals surface area (Å²) < 4.78 is 14.8. The molecule has 0 radical (unpaired) electrons. The lowest BCUT2D eigenvalue weighted by molar-refractivity contribution is 0.0943. The van der Waals surface area contributed by atoms with E-state index in [1.54, 1.807) is 23.0 Å². The average molecular weight is 337 g/mol. The number of rotatable bonds is 4. The molecule has 0 aliphatic rings. The lowest BCUT2D eigenvalue weighted by Gasteiger charge is -2.08. The van der Waals surface area contributed by atoms with E-state index in [0.29, 0.717) is 16.9 Å². The summed E-state index contributed by atoms with van der Waals surface area (Å²) in [6.45, 7) is 5.83. The second-order valence-corrected chi connectivity index (χ2v) is 6.31. The smallest absolute Gasteiger partial charge is 0.255 e. The normalized spacial score (nSPS) is 10.9. The summed E-state index contributed by atoms with van der Waals surface area (Å²) in [6.07, 6.45) is 1.68. The average Bonchev–Trinajstić information content (AvgIpc) is 3.01. The first-order chi connectivity index (χ1) is 11.9. The van der Waals surface area contributed by atoms with Crippen molar-refractivity contribution in [3.8, 4) is 16.9 Å². The molecule has 0 spiro atoms. The lowest BCUT2D eigenvalue weighted by atomic mass is 10.1. The van der Waals surface area contributed by atoms with Crippen LogP contribution in [-0.4, -0.2) is 21.7 Å².